The molecule has 1 aliphatic heterocycles. The summed E-state index contributed by atoms with van der Waals surface area (Å²) in [7, 11) is 0. The molecule has 6 N–H and O–H groups in total. The molecule has 0 aliphatic carbocycles. The third kappa shape index (κ3) is 9.38. The highest BCUT2D eigenvalue weighted by molar-refractivity contribution is 5.81. The SMILES string of the molecule is Nc1ncnc2c1ncn2CCCC(=O)NCCCCCC(=O)N1CCNCCNCCNCC1. The largest absolute Gasteiger partial charge is 0.382 e. The van der Waals surface area contributed by atoms with Crippen LogP contribution in [0.5, 0.6) is 0 Å². The number of fused-ring (bicyclic) bond motifs is 1. The number of nitrogens with two attached hydrogens (primary N) is 1. The number of aryl methyl sites for hydroxylation is 1. The number of unbranched alkanes of at least 4 members (excludes halogenated alkanes) is 2. The molecule has 1 saturated heterocycles. The summed E-state index contributed by atoms with van der Waals surface area (Å²) in [6, 6.07) is 0. The Morgan fingerprint density at radius 3 is 2.34 bits per heavy atom. The Bertz CT molecular complexity index is 907. The summed E-state index contributed by atoms with van der Waals surface area (Å²) in [6.45, 7) is 8.11. The zero-order valence-corrected chi connectivity index (χ0v) is 20.6. The quantitative estimate of drug-likeness (QED) is 0.278. The number of nitrogen functional groups attached to an aromatic ring is 1. The molecule has 0 unspecified atom stereocenters. The fraction of sp³-hybridized carbons (Fsp3) is 0.696. The van der Waals surface area contributed by atoms with Gasteiger partial charge in [-0.25, -0.2) is 15.0 Å². The monoisotopic (exact) mass is 488 g/mol. The van der Waals surface area contributed by atoms with Crippen molar-refractivity contribution in [1.82, 2.24) is 45.7 Å². The average Bonchev–Trinajstić information content (AvgIpc) is 3.26. The number of carbonyl (C=O) groups excluding carboxylic acids is 2. The number of hydrogen-bond donors (Lipinski definition) is 5. The zero-order chi connectivity index (χ0) is 24.7. The summed E-state index contributed by atoms with van der Waals surface area (Å²) in [4.78, 5) is 39.1. The zero-order valence-electron chi connectivity index (χ0n) is 20.6. The number of aromatic nitrogens is 4. The lowest BCUT2D eigenvalue weighted by atomic mass is 10.1. The van der Waals surface area contributed by atoms with Crippen molar-refractivity contribution in [2.24, 2.45) is 0 Å². The highest BCUT2D eigenvalue weighted by Gasteiger charge is 2.13. The second kappa shape index (κ2) is 15.2. The molecule has 1 fully saturated rings. The number of hydrogen-bond acceptors (Lipinski definition) is 9. The number of amides is 2. The molecule has 194 valence electrons. The van der Waals surface area contributed by atoms with E-state index in [1.807, 2.05) is 9.47 Å². The molecule has 0 atom stereocenters. The van der Waals surface area contributed by atoms with Crippen LogP contribution in [0.4, 0.5) is 5.82 Å². The molecule has 35 heavy (non-hydrogen) atoms. The highest BCUT2D eigenvalue weighted by atomic mass is 16.2. The number of nitrogens with one attached hydrogen (secondary N) is 4. The molecule has 3 rings (SSSR count). The van der Waals surface area contributed by atoms with Crippen molar-refractivity contribution < 1.29 is 9.59 Å². The first-order chi connectivity index (χ1) is 17.1. The maximum absolute atomic E-state index is 12.6. The molecule has 0 radical (unpaired) electrons. The van der Waals surface area contributed by atoms with E-state index in [1.54, 1.807) is 6.33 Å². The second-order valence-corrected chi connectivity index (χ2v) is 8.76. The summed E-state index contributed by atoms with van der Waals surface area (Å²) in [5.74, 6) is 0.611. The van der Waals surface area contributed by atoms with E-state index < -0.39 is 0 Å². The van der Waals surface area contributed by atoms with Gasteiger partial charge in [0.25, 0.3) is 0 Å². The van der Waals surface area contributed by atoms with Crippen LogP contribution < -0.4 is 27.0 Å². The maximum atomic E-state index is 12.6. The third-order valence-corrected chi connectivity index (χ3v) is 6.05. The molecule has 2 aromatic rings. The van der Waals surface area contributed by atoms with Crippen molar-refractivity contribution in [2.45, 2.75) is 45.1 Å². The molecule has 2 amide bonds. The van der Waals surface area contributed by atoms with Crippen LogP contribution in [-0.2, 0) is 16.1 Å². The Morgan fingerprint density at radius 2 is 1.60 bits per heavy atom. The number of anilines is 1. The van der Waals surface area contributed by atoms with Crippen molar-refractivity contribution in [3.05, 3.63) is 12.7 Å². The minimum atomic E-state index is 0.0363. The van der Waals surface area contributed by atoms with Crippen LogP contribution in [0.2, 0.25) is 0 Å². The standard InChI is InChI=1S/C23H40N10O2/c24-22-21-23(30-17-29-22)33(18-31-21)14-4-5-19(34)28-7-3-1-2-6-20(35)32-15-12-26-10-8-25-9-11-27-13-16-32/h17-18,25-27H,1-16H2,(H,28,34)(H2,24,29,30). The van der Waals surface area contributed by atoms with Gasteiger partial charge < -0.3 is 36.5 Å². The van der Waals surface area contributed by atoms with Gasteiger partial charge in [0.15, 0.2) is 11.5 Å². The fourth-order valence-corrected chi connectivity index (χ4v) is 4.04. The van der Waals surface area contributed by atoms with Gasteiger partial charge in [-0.2, -0.15) is 0 Å². The van der Waals surface area contributed by atoms with Crippen LogP contribution in [0.1, 0.15) is 38.5 Å². The predicted molar refractivity (Wildman–Crippen MR) is 136 cm³/mol. The van der Waals surface area contributed by atoms with Gasteiger partial charge >= 0.3 is 0 Å². The van der Waals surface area contributed by atoms with Crippen molar-refractivity contribution in [1.29, 1.82) is 0 Å². The smallest absolute Gasteiger partial charge is 0.222 e. The van der Waals surface area contributed by atoms with E-state index in [0.29, 0.717) is 49.3 Å². The molecule has 0 saturated carbocycles. The van der Waals surface area contributed by atoms with E-state index in [9.17, 15) is 9.59 Å². The van der Waals surface area contributed by atoms with E-state index >= 15 is 0 Å². The first-order valence-electron chi connectivity index (χ1n) is 12.7. The first kappa shape index (κ1) is 26.8. The first-order valence-corrected chi connectivity index (χ1v) is 12.7. The Hall–Kier alpha value is -2.83. The summed E-state index contributed by atoms with van der Waals surface area (Å²) in [5, 5.41) is 13.1. The molecule has 12 heteroatoms. The number of imidazole rings is 1. The molecule has 0 spiro atoms. The van der Waals surface area contributed by atoms with Gasteiger partial charge in [0.05, 0.1) is 6.33 Å². The maximum Gasteiger partial charge on any atom is 0.222 e. The fourth-order valence-electron chi connectivity index (χ4n) is 4.04. The van der Waals surface area contributed by atoms with Crippen LogP contribution in [0.15, 0.2) is 12.7 Å². The topological polar surface area (TPSA) is 155 Å². The van der Waals surface area contributed by atoms with Crippen LogP contribution in [-0.4, -0.2) is 95.1 Å². The Kier molecular flexibility index (Phi) is 11.6. The van der Waals surface area contributed by atoms with E-state index in [-0.39, 0.29) is 11.8 Å². The third-order valence-electron chi connectivity index (χ3n) is 6.05. The van der Waals surface area contributed by atoms with Gasteiger partial charge in [0.2, 0.25) is 11.8 Å². The lowest BCUT2D eigenvalue weighted by molar-refractivity contribution is -0.131. The second-order valence-electron chi connectivity index (χ2n) is 8.76. The predicted octanol–water partition coefficient (Wildman–Crippen LogP) is -0.524. The number of nitrogens with zero attached hydrogens (tertiary/aromatic N) is 5. The van der Waals surface area contributed by atoms with Gasteiger partial charge in [-0.1, -0.05) is 6.42 Å². The Morgan fingerprint density at radius 1 is 0.886 bits per heavy atom. The molecule has 1 aliphatic rings. The molecule has 12 nitrogen and oxygen atoms in total. The van der Waals surface area contributed by atoms with Crippen LogP contribution in [0, 0.1) is 0 Å². The van der Waals surface area contributed by atoms with E-state index in [4.69, 9.17) is 5.73 Å². The highest BCUT2D eigenvalue weighted by Crippen LogP contribution is 2.14. The van der Waals surface area contributed by atoms with Crippen LogP contribution in [0.3, 0.4) is 0 Å². The molecule has 3 heterocycles. The average molecular weight is 489 g/mol. The lowest BCUT2D eigenvalue weighted by Gasteiger charge is -2.24. The van der Waals surface area contributed by atoms with Gasteiger partial charge in [0, 0.05) is 78.3 Å². The van der Waals surface area contributed by atoms with Crippen molar-refractivity contribution in [3.63, 3.8) is 0 Å². The molecular formula is C23H40N10O2. The normalized spacial score (nSPS) is 15.9. The summed E-state index contributed by atoms with van der Waals surface area (Å²) in [5.41, 5.74) is 7.08. The van der Waals surface area contributed by atoms with E-state index in [2.05, 4.69) is 36.2 Å². The lowest BCUT2D eigenvalue weighted by Crippen LogP contribution is -2.44. The number of carbonyl (C=O) groups is 2. The minimum Gasteiger partial charge on any atom is -0.382 e. The Balaban J connectivity index is 1.24. The molecule has 0 bridgehead atoms. The van der Waals surface area contributed by atoms with Gasteiger partial charge in [-0.15, -0.1) is 0 Å². The Labute approximate surface area is 206 Å². The molecule has 2 aromatic heterocycles. The van der Waals surface area contributed by atoms with E-state index in [1.165, 1.54) is 6.33 Å². The number of rotatable bonds is 10. The molecular weight excluding hydrogens is 448 g/mol. The summed E-state index contributed by atoms with van der Waals surface area (Å²) in [6.07, 6.45) is 7.41. The van der Waals surface area contributed by atoms with Crippen molar-refractivity contribution in [3.8, 4) is 0 Å². The summed E-state index contributed by atoms with van der Waals surface area (Å²) >= 11 is 0. The van der Waals surface area contributed by atoms with E-state index in [0.717, 1.165) is 71.6 Å². The van der Waals surface area contributed by atoms with Crippen molar-refractivity contribution in [2.75, 3.05) is 64.6 Å². The molecule has 0 aromatic carbocycles. The van der Waals surface area contributed by atoms with Gasteiger partial charge in [-0.05, 0) is 19.3 Å². The van der Waals surface area contributed by atoms with Crippen LogP contribution in [0.25, 0.3) is 11.2 Å². The van der Waals surface area contributed by atoms with Crippen molar-refractivity contribution >= 4 is 28.8 Å². The summed E-state index contributed by atoms with van der Waals surface area (Å²) < 4.78 is 1.89. The minimum absolute atomic E-state index is 0.0363. The van der Waals surface area contributed by atoms with Gasteiger partial charge in [-0.3, -0.25) is 9.59 Å². The van der Waals surface area contributed by atoms with Crippen LogP contribution >= 0.6 is 0 Å². The van der Waals surface area contributed by atoms with Gasteiger partial charge in [0.1, 0.15) is 11.8 Å².